The van der Waals surface area contributed by atoms with Gasteiger partial charge in [-0.1, -0.05) is 18.2 Å². The maximum absolute atomic E-state index is 13.5. The molecule has 0 amide bonds. The van der Waals surface area contributed by atoms with Crippen molar-refractivity contribution in [2.75, 3.05) is 5.73 Å². The molecule has 0 spiro atoms. The van der Waals surface area contributed by atoms with Gasteiger partial charge in [0.05, 0.1) is 0 Å². The molecule has 0 aliphatic heterocycles. The summed E-state index contributed by atoms with van der Waals surface area (Å²) in [7, 11) is 1.57. The molecule has 0 fully saturated rings. The molecular formula is C12H11FN2O. The lowest BCUT2D eigenvalue weighted by molar-refractivity contribution is 0.631. The van der Waals surface area contributed by atoms with E-state index in [4.69, 9.17) is 5.73 Å². The monoisotopic (exact) mass is 218 g/mol. The van der Waals surface area contributed by atoms with Crippen LogP contribution in [0.25, 0.3) is 11.1 Å². The molecule has 2 aromatic rings. The number of rotatable bonds is 1. The maximum Gasteiger partial charge on any atom is 0.252 e. The van der Waals surface area contributed by atoms with Crippen LogP contribution in [0.3, 0.4) is 0 Å². The Balaban J connectivity index is 2.67. The minimum absolute atomic E-state index is 0.252. The van der Waals surface area contributed by atoms with Gasteiger partial charge in [-0.05, 0) is 17.7 Å². The summed E-state index contributed by atoms with van der Waals surface area (Å²) in [5, 5.41) is 0. The van der Waals surface area contributed by atoms with E-state index in [1.165, 1.54) is 16.7 Å². The van der Waals surface area contributed by atoms with Crippen LogP contribution in [-0.2, 0) is 7.05 Å². The predicted molar refractivity (Wildman–Crippen MR) is 61.5 cm³/mol. The van der Waals surface area contributed by atoms with Crippen molar-refractivity contribution in [2.45, 2.75) is 0 Å². The number of hydrogen-bond acceptors (Lipinski definition) is 2. The summed E-state index contributed by atoms with van der Waals surface area (Å²) < 4.78 is 14.8. The predicted octanol–water partition coefficient (Wildman–Crippen LogP) is 1.77. The Morgan fingerprint density at radius 2 is 1.94 bits per heavy atom. The number of halogens is 1. The molecule has 0 radical (unpaired) electrons. The molecular weight excluding hydrogens is 207 g/mol. The second-order valence-corrected chi connectivity index (χ2v) is 3.55. The van der Waals surface area contributed by atoms with Crippen molar-refractivity contribution in [1.82, 2.24) is 4.57 Å². The first-order chi connectivity index (χ1) is 7.59. The average molecular weight is 218 g/mol. The van der Waals surface area contributed by atoms with Crippen LogP contribution in [-0.4, -0.2) is 4.57 Å². The van der Waals surface area contributed by atoms with E-state index in [1.807, 2.05) is 0 Å². The zero-order valence-corrected chi connectivity index (χ0v) is 8.77. The lowest BCUT2D eigenvalue weighted by atomic mass is 10.1. The van der Waals surface area contributed by atoms with Gasteiger partial charge in [-0.2, -0.15) is 0 Å². The van der Waals surface area contributed by atoms with Gasteiger partial charge in [0.25, 0.3) is 5.56 Å². The quantitative estimate of drug-likeness (QED) is 0.793. The molecule has 0 aliphatic carbocycles. The molecule has 0 atom stereocenters. The van der Waals surface area contributed by atoms with E-state index in [0.717, 1.165) is 0 Å². The molecule has 2 N–H and O–H groups in total. The van der Waals surface area contributed by atoms with Gasteiger partial charge >= 0.3 is 0 Å². The first kappa shape index (κ1) is 10.4. The number of benzene rings is 1. The molecule has 1 heterocycles. The second-order valence-electron chi connectivity index (χ2n) is 3.55. The normalized spacial score (nSPS) is 10.4. The van der Waals surface area contributed by atoms with E-state index >= 15 is 0 Å². The second kappa shape index (κ2) is 3.81. The van der Waals surface area contributed by atoms with Gasteiger partial charge in [0, 0.05) is 18.7 Å². The Kier molecular flexibility index (Phi) is 2.48. The zero-order chi connectivity index (χ0) is 11.7. The summed E-state index contributed by atoms with van der Waals surface area (Å²) in [5.74, 6) is -0.0547. The van der Waals surface area contributed by atoms with Crippen molar-refractivity contribution in [1.29, 1.82) is 0 Å². The number of nitrogens with zero attached hydrogens (tertiary/aromatic N) is 1. The van der Waals surface area contributed by atoms with Gasteiger partial charge in [0.1, 0.15) is 11.6 Å². The van der Waals surface area contributed by atoms with Gasteiger partial charge < -0.3 is 5.73 Å². The van der Waals surface area contributed by atoms with Crippen LogP contribution in [0.5, 0.6) is 0 Å². The maximum atomic E-state index is 13.5. The highest BCUT2D eigenvalue weighted by Crippen LogP contribution is 2.22. The third-order valence-electron chi connectivity index (χ3n) is 2.49. The molecule has 0 saturated carbocycles. The molecule has 16 heavy (non-hydrogen) atoms. The number of nitrogens with two attached hydrogens (primary N) is 1. The number of aromatic nitrogens is 1. The Hall–Kier alpha value is -2.10. The Labute approximate surface area is 92.0 Å². The van der Waals surface area contributed by atoms with Crippen LogP contribution in [0, 0.1) is 5.82 Å². The number of pyridine rings is 1. The van der Waals surface area contributed by atoms with Crippen LogP contribution < -0.4 is 11.3 Å². The molecule has 0 bridgehead atoms. The number of nitrogen functional groups attached to an aromatic ring is 1. The fourth-order valence-electron chi connectivity index (χ4n) is 1.51. The average Bonchev–Trinajstić information content (AvgIpc) is 2.26. The Morgan fingerprint density at radius 1 is 1.25 bits per heavy atom. The summed E-state index contributed by atoms with van der Waals surface area (Å²) in [6.07, 6.45) is 0. The summed E-state index contributed by atoms with van der Waals surface area (Å²) in [6.45, 7) is 0. The fraction of sp³-hybridized carbons (Fsp3) is 0.0833. The van der Waals surface area contributed by atoms with E-state index in [9.17, 15) is 9.18 Å². The van der Waals surface area contributed by atoms with Crippen molar-refractivity contribution in [3.05, 3.63) is 52.6 Å². The molecule has 1 aromatic carbocycles. The van der Waals surface area contributed by atoms with E-state index in [0.29, 0.717) is 16.9 Å². The van der Waals surface area contributed by atoms with Gasteiger partial charge in [-0.25, -0.2) is 4.39 Å². The molecule has 0 aliphatic rings. The van der Waals surface area contributed by atoms with E-state index in [2.05, 4.69) is 0 Å². The molecule has 1 aromatic heterocycles. The molecule has 4 heteroatoms. The van der Waals surface area contributed by atoms with Crippen molar-refractivity contribution in [2.24, 2.45) is 7.05 Å². The largest absolute Gasteiger partial charge is 0.385 e. The lowest BCUT2D eigenvalue weighted by Crippen LogP contribution is -2.18. The zero-order valence-electron chi connectivity index (χ0n) is 8.77. The number of anilines is 1. The standard InChI is InChI=1S/C12H11FN2O/c1-15-11(14)6-8(7-12(15)16)9-4-2-3-5-10(9)13/h2-7H,14H2,1H3. The van der Waals surface area contributed by atoms with Gasteiger partial charge in [0.15, 0.2) is 0 Å². The van der Waals surface area contributed by atoms with Crippen LogP contribution in [0.1, 0.15) is 0 Å². The van der Waals surface area contributed by atoms with E-state index < -0.39 is 0 Å². The fourth-order valence-corrected chi connectivity index (χ4v) is 1.51. The van der Waals surface area contributed by atoms with Gasteiger partial charge in [-0.15, -0.1) is 0 Å². The SMILES string of the molecule is Cn1c(N)cc(-c2ccccc2F)cc1=O. The van der Waals surface area contributed by atoms with E-state index in [-0.39, 0.29) is 11.4 Å². The number of hydrogen-bond donors (Lipinski definition) is 1. The summed E-state index contributed by atoms with van der Waals surface area (Å²) in [6, 6.07) is 9.23. The van der Waals surface area contributed by atoms with Gasteiger partial charge in [-0.3, -0.25) is 9.36 Å². The summed E-state index contributed by atoms with van der Waals surface area (Å²) in [5.41, 5.74) is 6.28. The first-order valence-corrected chi connectivity index (χ1v) is 4.81. The Morgan fingerprint density at radius 3 is 2.56 bits per heavy atom. The van der Waals surface area contributed by atoms with Gasteiger partial charge in [0.2, 0.25) is 0 Å². The molecule has 82 valence electrons. The van der Waals surface area contributed by atoms with Crippen molar-refractivity contribution in [3.8, 4) is 11.1 Å². The van der Waals surface area contributed by atoms with Crippen molar-refractivity contribution >= 4 is 5.82 Å². The highest BCUT2D eigenvalue weighted by Gasteiger charge is 2.06. The lowest BCUT2D eigenvalue weighted by Gasteiger charge is -2.07. The van der Waals surface area contributed by atoms with Crippen molar-refractivity contribution < 1.29 is 4.39 Å². The molecule has 0 unspecified atom stereocenters. The summed E-state index contributed by atoms with van der Waals surface area (Å²) in [4.78, 5) is 11.5. The third kappa shape index (κ3) is 1.69. The third-order valence-corrected chi connectivity index (χ3v) is 2.49. The first-order valence-electron chi connectivity index (χ1n) is 4.81. The van der Waals surface area contributed by atoms with Crippen LogP contribution in [0.15, 0.2) is 41.2 Å². The minimum Gasteiger partial charge on any atom is -0.385 e. The minimum atomic E-state index is -0.366. The highest BCUT2D eigenvalue weighted by molar-refractivity contribution is 5.66. The van der Waals surface area contributed by atoms with Crippen LogP contribution in [0.4, 0.5) is 10.2 Å². The molecule has 3 nitrogen and oxygen atoms in total. The van der Waals surface area contributed by atoms with Crippen molar-refractivity contribution in [3.63, 3.8) is 0 Å². The molecule has 2 rings (SSSR count). The molecule has 0 saturated heterocycles. The topological polar surface area (TPSA) is 48.0 Å². The van der Waals surface area contributed by atoms with E-state index in [1.54, 1.807) is 31.3 Å². The Bertz CT molecular complexity index is 590. The smallest absolute Gasteiger partial charge is 0.252 e. The summed E-state index contributed by atoms with van der Waals surface area (Å²) >= 11 is 0. The van der Waals surface area contributed by atoms with Crippen LogP contribution >= 0.6 is 0 Å². The van der Waals surface area contributed by atoms with Crippen LogP contribution in [0.2, 0.25) is 0 Å². The highest BCUT2D eigenvalue weighted by atomic mass is 19.1.